The van der Waals surface area contributed by atoms with Crippen molar-refractivity contribution < 1.29 is 23.5 Å². The van der Waals surface area contributed by atoms with E-state index < -0.39 is 24.0 Å². The van der Waals surface area contributed by atoms with Crippen LogP contribution in [0.5, 0.6) is 0 Å². The van der Waals surface area contributed by atoms with Crippen molar-refractivity contribution in [3.8, 4) is 0 Å². The molecule has 0 atom stereocenters. The molecule has 0 radical (unpaired) electrons. The number of carbonyl (C=O) groups is 3. The van der Waals surface area contributed by atoms with Crippen LogP contribution in [-0.4, -0.2) is 29.9 Å². The molecule has 1 aliphatic heterocycles. The van der Waals surface area contributed by atoms with Gasteiger partial charge in [-0.1, -0.05) is 30.3 Å². The number of esters is 1. The number of carbonyl (C=O) groups excluding carboxylic acids is 3. The van der Waals surface area contributed by atoms with Crippen LogP contribution in [0.25, 0.3) is 11.0 Å². The lowest BCUT2D eigenvalue weighted by atomic mass is 9.96. The van der Waals surface area contributed by atoms with Gasteiger partial charge < -0.3 is 14.5 Å². The molecule has 2 amide bonds. The number of hydrogen-bond donors (Lipinski definition) is 1. The van der Waals surface area contributed by atoms with E-state index in [2.05, 4.69) is 5.32 Å². The molecular weight excluding hydrogens is 360 g/mol. The van der Waals surface area contributed by atoms with Crippen molar-refractivity contribution in [1.29, 1.82) is 0 Å². The van der Waals surface area contributed by atoms with Gasteiger partial charge >= 0.3 is 5.97 Å². The summed E-state index contributed by atoms with van der Waals surface area (Å²) in [6.45, 7) is 2.76. The molecule has 3 aromatic rings. The first kappa shape index (κ1) is 17.8. The lowest BCUT2D eigenvalue weighted by Crippen LogP contribution is -2.59. The van der Waals surface area contributed by atoms with E-state index in [1.807, 2.05) is 12.1 Å². The number of benzene rings is 2. The number of ether oxygens (including phenoxy) is 1. The Kier molecular flexibility index (Phi) is 4.15. The second-order valence-electron chi connectivity index (χ2n) is 6.98. The van der Waals surface area contributed by atoms with Gasteiger partial charge in [0.2, 0.25) is 11.7 Å². The smallest absolute Gasteiger partial charge is 0.374 e. The van der Waals surface area contributed by atoms with Crippen LogP contribution in [-0.2, 0) is 14.3 Å². The Balaban J connectivity index is 1.54. The number of nitrogens with zero attached hydrogens (tertiary/aromatic N) is 1. The maximum absolute atomic E-state index is 12.9. The first-order chi connectivity index (χ1) is 13.4. The number of anilines is 2. The Morgan fingerprint density at radius 3 is 2.61 bits per heavy atom. The molecule has 0 saturated heterocycles. The zero-order chi connectivity index (χ0) is 19.9. The third kappa shape index (κ3) is 2.90. The molecule has 7 nitrogen and oxygen atoms in total. The first-order valence-electron chi connectivity index (χ1n) is 8.77. The molecule has 7 heteroatoms. The second kappa shape index (κ2) is 6.53. The normalized spacial score (nSPS) is 15.1. The molecule has 4 rings (SSSR count). The van der Waals surface area contributed by atoms with Crippen LogP contribution >= 0.6 is 0 Å². The first-order valence-corrected chi connectivity index (χ1v) is 8.77. The van der Waals surface area contributed by atoms with Gasteiger partial charge in [-0.05, 0) is 38.1 Å². The number of furan rings is 1. The number of fused-ring (bicyclic) bond motifs is 2. The number of amides is 2. The number of hydrogen-bond acceptors (Lipinski definition) is 5. The minimum absolute atomic E-state index is 0.0186. The van der Waals surface area contributed by atoms with E-state index in [9.17, 15) is 14.4 Å². The zero-order valence-electron chi connectivity index (χ0n) is 15.4. The van der Waals surface area contributed by atoms with Gasteiger partial charge in [0.25, 0.3) is 5.91 Å². The standard InChI is InChI=1S/C21H18N2O5/c1-21(2)20(26)22-14-8-4-5-9-15(14)23(21)18(24)12-27-19(25)17-11-13-7-3-6-10-16(13)28-17/h3-11H,12H2,1-2H3,(H,22,26). The minimum atomic E-state index is -1.13. The van der Waals surface area contributed by atoms with Crippen molar-refractivity contribution in [3.63, 3.8) is 0 Å². The van der Waals surface area contributed by atoms with Crippen LogP contribution < -0.4 is 10.2 Å². The molecular formula is C21H18N2O5. The number of rotatable bonds is 3. The maximum atomic E-state index is 12.9. The fourth-order valence-corrected chi connectivity index (χ4v) is 3.24. The maximum Gasteiger partial charge on any atom is 0.374 e. The van der Waals surface area contributed by atoms with Crippen molar-refractivity contribution >= 4 is 40.1 Å². The molecule has 1 aliphatic rings. The van der Waals surface area contributed by atoms with Gasteiger partial charge in [-0.3, -0.25) is 14.5 Å². The van der Waals surface area contributed by atoms with Crippen LogP contribution in [0.2, 0.25) is 0 Å². The summed E-state index contributed by atoms with van der Waals surface area (Å²) in [6, 6.07) is 15.7. The highest BCUT2D eigenvalue weighted by Crippen LogP contribution is 2.36. The van der Waals surface area contributed by atoms with E-state index in [0.29, 0.717) is 17.0 Å². The van der Waals surface area contributed by atoms with E-state index in [1.165, 1.54) is 4.90 Å². The van der Waals surface area contributed by atoms with Gasteiger partial charge in [-0.15, -0.1) is 0 Å². The van der Waals surface area contributed by atoms with E-state index in [4.69, 9.17) is 9.15 Å². The lowest BCUT2D eigenvalue weighted by Gasteiger charge is -2.41. The van der Waals surface area contributed by atoms with Gasteiger partial charge in [0.1, 0.15) is 11.1 Å². The van der Waals surface area contributed by atoms with Crippen molar-refractivity contribution in [1.82, 2.24) is 0 Å². The summed E-state index contributed by atoms with van der Waals surface area (Å²) in [5.74, 6) is -1.54. The van der Waals surface area contributed by atoms with Crippen LogP contribution in [0.3, 0.4) is 0 Å². The number of nitrogens with one attached hydrogen (secondary N) is 1. The molecule has 0 aliphatic carbocycles. The molecule has 0 spiro atoms. The highest BCUT2D eigenvalue weighted by molar-refractivity contribution is 6.14. The average molecular weight is 378 g/mol. The Morgan fingerprint density at radius 2 is 1.82 bits per heavy atom. The molecule has 2 heterocycles. The molecule has 0 bridgehead atoms. The fourth-order valence-electron chi connectivity index (χ4n) is 3.24. The van der Waals surface area contributed by atoms with Gasteiger partial charge in [0.05, 0.1) is 11.4 Å². The summed E-state index contributed by atoms with van der Waals surface area (Å²) in [7, 11) is 0. The van der Waals surface area contributed by atoms with Crippen LogP contribution in [0.1, 0.15) is 24.4 Å². The molecule has 2 aromatic carbocycles. The highest BCUT2D eigenvalue weighted by Gasteiger charge is 2.43. The molecule has 142 valence electrons. The van der Waals surface area contributed by atoms with Crippen molar-refractivity contribution in [2.75, 3.05) is 16.8 Å². The fraction of sp³-hybridized carbons (Fsp3) is 0.190. The minimum Gasteiger partial charge on any atom is -0.450 e. The monoisotopic (exact) mass is 378 g/mol. The van der Waals surface area contributed by atoms with E-state index in [-0.39, 0.29) is 11.7 Å². The van der Waals surface area contributed by atoms with Crippen LogP contribution in [0.4, 0.5) is 11.4 Å². The predicted octanol–water partition coefficient (Wildman–Crippen LogP) is 3.35. The summed E-state index contributed by atoms with van der Waals surface area (Å²) in [5, 5.41) is 3.55. The SMILES string of the molecule is CC1(C)C(=O)Nc2ccccc2N1C(=O)COC(=O)c1cc2ccccc2o1. The van der Waals surface area contributed by atoms with Crippen molar-refractivity contribution in [3.05, 3.63) is 60.4 Å². The summed E-state index contributed by atoms with van der Waals surface area (Å²) in [6.07, 6.45) is 0. The summed E-state index contributed by atoms with van der Waals surface area (Å²) < 4.78 is 10.6. The topological polar surface area (TPSA) is 88.9 Å². The molecule has 0 saturated carbocycles. The largest absolute Gasteiger partial charge is 0.450 e. The molecule has 0 unspecified atom stereocenters. The summed E-state index contributed by atoms with van der Waals surface area (Å²) in [4.78, 5) is 39.0. The van der Waals surface area contributed by atoms with Gasteiger partial charge in [0, 0.05) is 5.39 Å². The quantitative estimate of drug-likeness (QED) is 0.706. The Morgan fingerprint density at radius 1 is 1.11 bits per heavy atom. The van der Waals surface area contributed by atoms with E-state index in [0.717, 1.165) is 5.39 Å². The Hall–Kier alpha value is -3.61. The van der Waals surface area contributed by atoms with Crippen LogP contribution in [0.15, 0.2) is 59.0 Å². The Labute approximate surface area is 160 Å². The average Bonchev–Trinajstić information content (AvgIpc) is 3.11. The lowest BCUT2D eigenvalue weighted by molar-refractivity contribution is -0.128. The summed E-state index contributed by atoms with van der Waals surface area (Å²) >= 11 is 0. The summed E-state index contributed by atoms with van der Waals surface area (Å²) in [5.41, 5.74) is 0.515. The van der Waals surface area contributed by atoms with Gasteiger partial charge in [-0.25, -0.2) is 4.79 Å². The molecule has 28 heavy (non-hydrogen) atoms. The second-order valence-corrected chi connectivity index (χ2v) is 6.98. The van der Waals surface area contributed by atoms with E-state index in [1.54, 1.807) is 56.3 Å². The highest BCUT2D eigenvalue weighted by atomic mass is 16.5. The third-order valence-electron chi connectivity index (χ3n) is 4.71. The van der Waals surface area contributed by atoms with E-state index >= 15 is 0 Å². The number of para-hydroxylation sites is 3. The van der Waals surface area contributed by atoms with Crippen molar-refractivity contribution in [2.45, 2.75) is 19.4 Å². The molecule has 0 fully saturated rings. The Bertz CT molecular complexity index is 1070. The van der Waals surface area contributed by atoms with Gasteiger partial charge in [-0.2, -0.15) is 0 Å². The third-order valence-corrected chi connectivity index (χ3v) is 4.71. The van der Waals surface area contributed by atoms with Crippen molar-refractivity contribution in [2.24, 2.45) is 0 Å². The zero-order valence-corrected chi connectivity index (χ0v) is 15.4. The molecule has 1 aromatic heterocycles. The molecule has 1 N–H and O–H groups in total. The van der Waals surface area contributed by atoms with Crippen LogP contribution in [0, 0.1) is 0 Å². The van der Waals surface area contributed by atoms with Gasteiger partial charge in [0.15, 0.2) is 6.61 Å². The predicted molar refractivity (Wildman–Crippen MR) is 103 cm³/mol.